The molecule has 0 aliphatic heterocycles. The maximum Gasteiger partial charge on any atom is 0.323 e. The average molecular weight is 255 g/mol. The number of aliphatic carboxylic acids is 1. The molecule has 1 heterocycles. The first-order valence-corrected chi connectivity index (χ1v) is 5.35. The van der Waals surface area contributed by atoms with Crippen molar-refractivity contribution >= 4 is 17.9 Å². The molecule has 0 spiro atoms. The summed E-state index contributed by atoms with van der Waals surface area (Å²) in [7, 11) is 7.21. The van der Waals surface area contributed by atoms with Crippen LogP contribution in [0.25, 0.3) is 0 Å². The van der Waals surface area contributed by atoms with Gasteiger partial charge in [0, 0.05) is 28.2 Å². The van der Waals surface area contributed by atoms with E-state index in [1.54, 1.807) is 38.0 Å². The number of carbonyl (C=O) groups is 1. The van der Waals surface area contributed by atoms with Crippen LogP contribution in [0, 0.1) is 0 Å². The van der Waals surface area contributed by atoms with Crippen molar-refractivity contribution in [1.82, 2.24) is 15.0 Å². The minimum atomic E-state index is -0.926. The highest BCUT2D eigenvalue weighted by atomic mass is 16.5. The smallest absolute Gasteiger partial charge is 0.323 e. The van der Waals surface area contributed by atoms with Crippen molar-refractivity contribution in [3.8, 4) is 6.01 Å². The SMILES string of the molecule is CN(C)c1nc(OCCC(=O)O)nc(N(C)C)n1. The van der Waals surface area contributed by atoms with Crippen LogP contribution in [0.1, 0.15) is 6.42 Å². The number of anilines is 2. The van der Waals surface area contributed by atoms with Crippen LogP contribution in [0.5, 0.6) is 6.01 Å². The lowest BCUT2D eigenvalue weighted by molar-refractivity contribution is -0.137. The van der Waals surface area contributed by atoms with Crippen molar-refractivity contribution in [2.75, 3.05) is 44.6 Å². The summed E-state index contributed by atoms with van der Waals surface area (Å²) >= 11 is 0. The summed E-state index contributed by atoms with van der Waals surface area (Å²) in [6, 6.07) is 0.124. The summed E-state index contributed by atoms with van der Waals surface area (Å²) in [5.74, 6) is -0.0113. The summed E-state index contributed by atoms with van der Waals surface area (Å²) in [6.45, 7) is 0.0269. The molecular formula is C10H17N5O3. The maximum absolute atomic E-state index is 10.4. The summed E-state index contributed by atoms with van der Waals surface area (Å²) in [5, 5.41) is 8.53. The summed E-state index contributed by atoms with van der Waals surface area (Å²) in [6.07, 6.45) is -0.0969. The standard InChI is InChI=1S/C10H17N5O3/c1-14(2)8-11-9(15(3)4)13-10(12-8)18-6-5-7(16)17/h5-6H2,1-4H3,(H,16,17). The first-order valence-electron chi connectivity index (χ1n) is 5.35. The van der Waals surface area contributed by atoms with Gasteiger partial charge in [-0.05, 0) is 0 Å². The molecule has 0 aromatic carbocycles. The van der Waals surface area contributed by atoms with Gasteiger partial charge in [-0.25, -0.2) is 0 Å². The molecule has 0 unspecified atom stereocenters. The molecule has 0 fully saturated rings. The highest BCUT2D eigenvalue weighted by Crippen LogP contribution is 2.14. The molecule has 0 aliphatic carbocycles. The molecule has 0 saturated carbocycles. The quantitative estimate of drug-likeness (QED) is 0.750. The van der Waals surface area contributed by atoms with E-state index in [4.69, 9.17) is 9.84 Å². The zero-order valence-electron chi connectivity index (χ0n) is 10.9. The Bertz CT molecular complexity index is 396. The molecule has 0 saturated heterocycles. The van der Waals surface area contributed by atoms with Gasteiger partial charge in [-0.2, -0.15) is 15.0 Å². The van der Waals surface area contributed by atoms with Gasteiger partial charge >= 0.3 is 12.0 Å². The van der Waals surface area contributed by atoms with E-state index >= 15 is 0 Å². The van der Waals surface area contributed by atoms with Crippen LogP contribution in [-0.4, -0.2) is 60.8 Å². The third kappa shape index (κ3) is 4.04. The van der Waals surface area contributed by atoms with Gasteiger partial charge in [0.15, 0.2) is 0 Å². The van der Waals surface area contributed by atoms with Crippen molar-refractivity contribution in [3.63, 3.8) is 0 Å². The summed E-state index contributed by atoms with van der Waals surface area (Å²) < 4.78 is 5.20. The number of carboxylic acid groups (broad SMARTS) is 1. The van der Waals surface area contributed by atoms with Gasteiger partial charge in [0.1, 0.15) is 6.61 Å². The Morgan fingerprint density at radius 1 is 1.11 bits per heavy atom. The molecule has 8 nitrogen and oxygen atoms in total. The summed E-state index contributed by atoms with van der Waals surface area (Å²) in [4.78, 5) is 26.2. The molecular weight excluding hydrogens is 238 g/mol. The fraction of sp³-hybridized carbons (Fsp3) is 0.600. The Hall–Kier alpha value is -2.12. The zero-order chi connectivity index (χ0) is 13.7. The van der Waals surface area contributed by atoms with Crippen LogP contribution in [-0.2, 0) is 4.79 Å². The Morgan fingerprint density at radius 3 is 2.00 bits per heavy atom. The van der Waals surface area contributed by atoms with E-state index in [1.807, 2.05) is 0 Å². The van der Waals surface area contributed by atoms with Crippen molar-refractivity contribution in [3.05, 3.63) is 0 Å². The minimum Gasteiger partial charge on any atom is -0.481 e. The second-order valence-electron chi connectivity index (χ2n) is 4.00. The fourth-order valence-electron chi connectivity index (χ4n) is 1.03. The van der Waals surface area contributed by atoms with Crippen LogP contribution >= 0.6 is 0 Å². The van der Waals surface area contributed by atoms with Gasteiger partial charge in [-0.1, -0.05) is 0 Å². The van der Waals surface area contributed by atoms with Crippen molar-refractivity contribution < 1.29 is 14.6 Å². The first kappa shape index (κ1) is 13.9. The zero-order valence-corrected chi connectivity index (χ0v) is 10.9. The molecule has 0 atom stereocenters. The number of ether oxygens (including phenoxy) is 1. The monoisotopic (exact) mass is 255 g/mol. The van der Waals surface area contributed by atoms with Crippen molar-refractivity contribution in [1.29, 1.82) is 0 Å². The molecule has 1 aromatic heterocycles. The average Bonchev–Trinajstić information content (AvgIpc) is 2.28. The molecule has 0 aliphatic rings. The fourth-order valence-corrected chi connectivity index (χ4v) is 1.03. The van der Waals surface area contributed by atoms with Crippen molar-refractivity contribution in [2.45, 2.75) is 6.42 Å². The van der Waals surface area contributed by atoms with Crippen molar-refractivity contribution in [2.24, 2.45) is 0 Å². The third-order valence-electron chi connectivity index (χ3n) is 1.94. The van der Waals surface area contributed by atoms with E-state index in [1.165, 1.54) is 0 Å². The molecule has 0 bridgehead atoms. The first-order chi connectivity index (χ1) is 8.40. The molecule has 0 radical (unpaired) electrons. The van der Waals surface area contributed by atoms with E-state index in [0.717, 1.165) is 0 Å². The van der Waals surface area contributed by atoms with E-state index in [9.17, 15) is 4.79 Å². The second-order valence-corrected chi connectivity index (χ2v) is 4.00. The lowest BCUT2D eigenvalue weighted by atomic mass is 10.5. The molecule has 1 N–H and O–H groups in total. The highest BCUT2D eigenvalue weighted by molar-refractivity contribution is 5.66. The molecule has 18 heavy (non-hydrogen) atoms. The van der Waals surface area contributed by atoms with Gasteiger partial charge in [0.25, 0.3) is 0 Å². The molecule has 1 rings (SSSR count). The largest absolute Gasteiger partial charge is 0.481 e. The van der Waals surface area contributed by atoms with E-state index in [0.29, 0.717) is 11.9 Å². The number of hydrogen-bond donors (Lipinski definition) is 1. The highest BCUT2D eigenvalue weighted by Gasteiger charge is 2.10. The number of hydrogen-bond acceptors (Lipinski definition) is 7. The maximum atomic E-state index is 10.4. The third-order valence-corrected chi connectivity index (χ3v) is 1.94. The Morgan fingerprint density at radius 2 is 1.61 bits per heavy atom. The second kappa shape index (κ2) is 5.99. The Kier molecular flexibility index (Phi) is 4.64. The molecule has 100 valence electrons. The van der Waals surface area contributed by atoms with Gasteiger partial charge in [-0.3, -0.25) is 4.79 Å². The van der Waals surface area contributed by atoms with E-state index < -0.39 is 5.97 Å². The molecule has 8 heteroatoms. The molecule has 0 amide bonds. The minimum absolute atomic E-state index is 0.0269. The van der Waals surface area contributed by atoms with Gasteiger partial charge in [0.2, 0.25) is 11.9 Å². The summed E-state index contributed by atoms with van der Waals surface area (Å²) in [5.41, 5.74) is 0. The van der Waals surface area contributed by atoms with Crippen LogP contribution in [0.4, 0.5) is 11.9 Å². The van der Waals surface area contributed by atoms with Crippen LogP contribution < -0.4 is 14.5 Å². The van der Waals surface area contributed by atoms with Crippen LogP contribution in [0.2, 0.25) is 0 Å². The van der Waals surface area contributed by atoms with E-state index in [-0.39, 0.29) is 19.0 Å². The van der Waals surface area contributed by atoms with Gasteiger partial charge in [0.05, 0.1) is 6.42 Å². The van der Waals surface area contributed by atoms with Gasteiger partial charge < -0.3 is 19.6 Å². The number of carboxylic acids is 1. The van der Waals surface area contributed by atoms with E-state index in [2.05, 4.69) is 15.0 Å². The van der Waals surface area contributed by atoms with Crippen LogP contribution in [0.3, 0.4) is 0 Å². The van der Waals surface area contributed by atoms with Crippen LogP contribution in [0.15, 0.2) is 0 Å². The normalized spacial score (nSPS) is 10.0. The predicted octanol–water partition coefficient (Wildman–Crippen LogP) is -0.143. The predicted molar refractivity (Wildman–Crippen MR) is 66.2 cm³/mol. The Balaban J connectivity index is 2.86. The Labute approximate surface area is 105 Å². The van der Waals surface area contributed by atoms with Gasteiger partial charge in [-0.15, -0.1) is 0 Å². The number of nitrogens with zero attached hydrogens (tertiary/aromatic N) is 5. The lowest BCUT2D eigenvalue weighted by Crippen LogP contribution is -2.19. The number of aromatic nitrogens is 3. The topological polar surface area (TPSA) is 91.7 Å². The molecule has 1 aromatic rings. The lowest BCUT2D eigenvalue weighted by Gasteiger charge is -2.15. The number of rotatable bonds is 6.